The summed E-state index contributed by atoms with van der Waals surface area (Å²) in [5, 5.41) is 6.12. The number of hydrogen-bond acceptors (Lipinski definition) is 8. The lowest BCUT2D eigenvalue weighted by atomic mass is 10.0. The smallest absolute Gasteiger partial charge is 0.257 e. The number of amides is 2. The van der Waals surface area contributed by atoms with Gasteiger partial charge in [-0.2, -0.15) is 0 Å². The van der Waals surface area contributed by atoms with Crippen molar-refractivity contribution in [1.29, 1.82) is 0 Å². The predicted octanol–water partition coefficient (Wildman–Crippen LogP) is 1.75. The molecule has 2 rings (SSSR count). The number of thiazole rings is 1. The highest BCUT2D eigenvalue weighted by Crippen LogP contribution is 2.19. The van der Waals surface area contributed by atoms with Gasteiger partial charge in [-0.05, 0) is 37.6 Å². The van der Waals surface area contributed by atoms with Gasteiger partial charge in [0.05, 0.1) is 39.6 Å². The quantitative estimate of drug-likeness (QED) is 0.375. The van der Waals surface area contributed by atoms with E-state index in [0.717, 1.165) is 4.88 Å². The number of nitrogens with two attached hydrogens (primary N) is 1. The molecule has 2 aromatic rings. The number of carbonyl (C=O) groups excluding carboxylic acids is 2. The molecule has 0 bridgehead atoms. The van der Waals surface area contributed by atoms with E-state index in [1.807, 2.05) is 6.92 Å². The summed E-state index contributed by atoms with van der Waals surface area (Å²) in [6.07, 6.45) is 1.71. The van der Waals surface area contributed by atoms with Crippen LogP contribution in [0.2, 0.25) is 0 Å². The molecule has 0 aliphatic heterocycles. The van der Waals surface area contributed by atoms with E-state index in [0.29, 0.717) is 74.6 Å². The van der Waals surface area contributed by atoms with Crippen molar-refractivity contribution in [3.8, 4) is 0 Å². The van der Waals surface area contributed by atoms with Gasteiger partial charge in [-0.3, -0.25) is 14.9 Å². The molecule has 0 fully saturated rings. The normalized spacial score (nSPS) is 10.8. The molecule has 0 radical (unpaired) electrons. The number of anilines is 1. The molecule has 170 valence electrons. The van der Waals surface area contributed by atoms with Gasteiger partial charge in [-0.1, -0.05) is 0 Å². The number of nitrogens with one attached hydrogen (secondary N) is 2. The third kappa shape index (κ3) is 9.11. The summed E-state index contributed by atoms with van der Waals surface area (Å²) < 4.78 is 16.0. The molecule has 0 atom stereocenters. The Kier molecular flexibility index (Phi) is 11.1. The molecule has 0 aliphatic rings. The molecule has 9 nitrogen and oxygen atoms in total. The van der Waals surface area contributed by atoms with E-state index in [1.165, 1.54) is 11.3 Å². The maximum atomic E-state index is 12.4. The van der Waals surface area contributed by atoms with Crippen LogP contribution in [-0.2, 0) is 14.2 Å². The minimum atomic E-state index is -0.250. The first-order valence-corrected chi connectivity index (χ1v) is 10.9. The van der Waals surface area contributed by atoms with Gasteiger partial charge in [0, 0.05) is 35.3 Å². The van der Waals surface area contributed by atoms with Gasteiger partial charge in [-0.25, -0.2) is 4.98 Å². The summed E-state index contributed by atoms with van der Waals surface area (Å²) in [6.45, 7) is 7.42. The van der Waals surface area contributed by atoms with E-state index in [9.17, 15) is 9.59 Å². The van der Waals surface area contributed by atoms with Gasteiger partial charge < -0.3 is 25.3 Å². The lowest BCUT2D eigenvalue weighted by molar-refractivity contribution is 0.0166. The lowest BCUT2D eigenvalue weighted by Gasteiger charge is -2.10. The Hall–Kier alpha value is -2.37. The van der Waals surface area contributed by atoms with Gasteiger partial charge in [0.25, 0.3) is 11.8 Å². The monoisotopic (exact) mass is 450 g/mol. The van der Waals surface area contributed by atoms with Crippen molar-refractivity contribution in [1.82, 2.24) is 10.3 Å². The number of aryl methyl sites for hydroxylation is 2. The van der Waals surface area contributed by atoms with Crippen LogP contribution in [0.25, 0.3) is 0 Å². The molecule has 1 heterocycles. The van der Waals surface area contributed by atoms with Crippen molar-refractivity contribution >= 4 is 28.3 Å². The fourth-order valence-electron chi connectivity index (χ4n) is 2.60. The maximum Gasteiger partial charge on any atom is 0.257 e. The van der Waals surface area contributed by atoms with E-state index in [-0.39, 0.29) is 11.8 Å². The van der Waals surface area contributed by atoms with Crippen molar-refractivity contribution in [2.75, 3.05) is 58.0 Å². The first-order chi connectivity index (χ1) is 15.0. The number of rotatable bonds is 14. The molecule has 0 spiro atoms. The highest BCUT2D eigenvalue weighted by Gasteiger charge is 2.13. The number of benzene rings is 1. The van der Waals surface area contributed by atoms with E-state index >= 15 is 0 Å². The van der Waals surface area contributed by atoms with Crippen LogP contribution < -0.4 is 16.4 Å². The molecule has 0 aliphatic carbocycles. The standard InChI is InChI=1S/C21H30N4O5S/c1-15-13-17(3-4-18(15)20(27)25-21-24-14-16(2)31-21)19(26)23-6-8-29-10-12-30-11-9-28-7-5-22/h3-4,13-14H,5-12,22H2,1-2H3,(H,23,26)(H,24,25,27). The van der Waals surface area contributed by atoms with Gasteiger partial charge in [0.1, 0.15) is 0 Å². The minimum absolute atomic E-state index is 0.220. The maximum absolute atomic E-state index is 12.4. The Bertz CT molecular complexity index is 843. The first-order valence-electron chi connectivity index (χ1n) is 10.1. The summed E-state index contributed by atoms with van der Waals surface area (Å²) in [6, 6.07) is 4.97. The summed E-state index contributed by atoms with van der Waals surface area (Å²) in [5.74, 6) is -0.470. The fraction of sp³-hybridized carbons (Fsp3) is 0.476. The van der Waals surface area contributed by atoms with Crippen LogP contribution in [0.15, 0.2) is 24.4 Å². The number of aromatic nitrogens is 1. The topological polar surface area (TPSA) is 125 Å². The summed E-state index contributed by atoms with van der Waals surface area (Å²) in [5.41, 5.74) is 7.01. The van der Waals surface area contributed by atoms with Crippen molar-refractivity contribution < 1.29 is 23.8 Å². The third-order valence-electron chi connectivity index (χ3n) is 4.11. The van der Waals surface area contributed by atoms with Crippen LogP contribution in [0.1, 0.15) is 31.2 Å². The van der Waals surface area contributed by atoms with E-state index in [1.54, 1.807) is 31.3 Å². The largest absolute Gasteiger partial charge is 0.378 e. The Morgan fingerprint density at radius 1 is 1.00 bits per heavy atom. The number of nitrogens with zero attached hydrogens (tertiary/aromatic N) is 1. The average Bonchev–Trinajstić information content (AvgIpc) is 3.16. The Labute approximate surface area is 186 Å². The van der Waals surface area contributed by atoms with Crippen molar-refractivity contribution in [2.24, 2.45) is 5.73 Å². The van der Waals surface area contributed by atoms with Crippen LogP contribution in [-0.4, -0.2) is 69.5 Å². The highest BCUT2D eigenvalue weighted by atomic mass is 32.1. The zero-order chi connectivity index (χ0) is 22.5. The van der Waals surface area contributed by atoms with Crippen LogP contribution in [0.5, 0.6) is 0 Å². The van der Waals surface area contributed by atoms with Crippen LogP contribution in [0.3, 0.4) is 0 Å². The second-order valence-electron chi connectivity index (χ2n) is 6.64. The molecule has 1 aromatic carbocycles. The molecule has 31 heavy (non-hydrogen) atoms. The highest BCUT2D eigenvalue weighted by molar-refractivity contribution is 7.15. The van der Waals surface area contributed by atoms with Crippen LogP contribution in [0.4, 0.5) is 5.13 Å². The predicted molar refractivity (Wildman–Crippen MR) is 120 cm³/mol. The van der Waals surface area contributed by atoms with Crippen molar-refractivity contribution in [3.63, 3.8) is 0 Å². The second kappa shape index (κ2) is 13.8. The van der Waals surface area contributed by atoms with E-state index in [4.69, 9.17) is 19.9 Å². The Balaban J connectivity index is 1.66. The van der Waals surface area contributed by atoms with Gasteiger partial charge in [-0.15, -0.1) is 11.3 Å². The number of carbonyl (C=O) groups is 2. The van der Waals surface area contributed by atoms with Crippen LogP contribution >= 0.6 is 11.3 Å². The molecule has 10 heteroatoms. The first kappa shape index (κ1) is 24.9. The molecule has 0 unspecified atom stereocenters. The molecule has 2 amide bonds. The van der Waals surface area contributed by atoms with E-state index in [2.05, 4.69) is 15.6 Å². The molecule has 1 aromatic heterocycles. The van der Waals surface area contributed by atoms with Crippen LogP contribution in [0, 0.1) is 13.8 Å². The third-order valence-corrected chi connectivity index (χ3v) is 4.94. The lowest BCUT2D eigenvalue weighted by Crippen LogP contribution is -2.28. The SMILES string of the molecule is Cc1cnc(NC(=O)c2ccc(C(=O)NCCOCCOCCOCCN)cc2C)s1. The Morgan fingerprint density at radius 2 is 1.68 bits per heavy atom. The van der Waals surface area contributed by atoms with Gasteiger partial charge in [0.15, 0.2) is 5.13 Å². The van der Waals surface area contributed by atoms with Crippen molar-refractivity contribution in [3.05, 3.63) is 46.0 Å². The summed E-state index contributed by atoms with van der Waals surface area (Å²) >= 11 is 1.41. The zero-order valence-electron chi connectivity index (χ0n) is 17.9. The number of ether oxygens (including phenoxy) is 3. The summed E-state index contributed by atoms with van der Waals surface area (Å²) in [7, 11) is 0. The van der Waals surface area contributed by atoms with Gasteiger partial charge in [0.2, 0.25) is 0 Å². The number of hydrogen-bond donors (Lipinski definition) is 3. The summed E-state index contributed by atoms with van der Waals surface area (Å²) in [4.78, 5) is 29.9. The molecule has 4 N–H and O–H groups in total. The molecular formula is C21H30N4O5S. The molecule has 0 saturated heterocycles. The minimum Gasteiger partial charge on any atom is -0.378 e. The molecule has 0 saturated carbocycles. The average molecular weight is 451 g/mol. The second-order valence-corrected chi connectivity index (χ2v) is 7.88. The Morgan fingerprint density at radius 3 is 2.29 bits per heavy atom. The van der Waals surface area contributed by atoms with Gasteiger partial charge >= 0.3 is 0 Å². The zero-order valence-corrected chi connectivity index (χ0v) is 18.8. The fourth-order valence-corrected chi connectivity index (χ4v) is 3.26. The van der Waals surface area contributed by atoms with E-state index < -0.39 is 0 Å². The van der Waals surface area contributed by atoms with Crippen molar-refractivity contribution in [2.45, 2.75) is 13.8 Å². The molecular weight excluding hydrogens is 420 g/mol.